The van der Waals surface area contributed by atoms with Gasteiger partial charge in [0.05, 0.1) is 11.5 Å². The van der Waals surface area contributed by atoms with E-state index in [0.717, 1.165) is 5.56 Å². The first kappa shape index (κ1) is 17.9. The van der Waals surface area contributed by atoms with Crippen LogP contribution in [0.15, 0.2) is 30.3 Å². The van der Waals surface area contributed by atoms with E-state index in [1.807, 2.05) is 13.0 Å². The molecule has 0 aliphatic carbocycles. The Hall–Kier alpha value is -1.86. The highest BCUT2D eigenvalue weighted by molar-refractivity contribution is 6.35. The molecular weight excluding hydrogens is 367 g/mol. The lowest BCUT2D eigenvalue weighted by atomic mass is 10.0. The van der Waals surface area contributed by atoms with Crippen molar-refractivity contribution in [3.8, 4) is 5.75 Å². The molecule has 1 aliphatic rings. The fourth-order valence-corrected chi connectivity index (χ4v) is 3.32. The van der Waals surface area contributed by atoms with Gasteiger partial charge in [-0.2, -0.15) is 0 Å². The summed E-state index contributed by atoms with van der Waals surface area (Å²) in [4.78, 5) is 10.7. The zero-order valence-corrected chi connectivity index (χ0v) is 14.9. The van der Waals surface area contributed by atoms with Crippen molar-refractivity contribution in [1.29, 1.82) is 0 Å². The Kier molecular flexibility index (Phi) is 5.44. The van der Waals surface area contributed by atoms with Gasteiger partial charge >= 0.3 is 0 Å². The maximum atomic E-state index is 11.1. The van der Waals surface area contributed by atoms with Gasteiger partial charge in [-0.05, 0) is 24.6 Å². The van der Waals surface area contributed by atoms with Crippen molar-refractivity contribution in [2.24, 2.45) is 0 Å². The second-order valence-corrected chi connectivity index (χ2v) is 6.57. The van der Waals surface area contributed by atoms with Crippen LogP contribution in [0.25, 0.3) is 0 Å². The molecule has 8 heteroatoms. The summed E-state index contributed by atoms with van der Waals surface area (Å²) in [6, 6.07) is 8.25. The number of halogens is 2. The first-order valence-corrected chi connectivity index (χ1v) is 8.40. The van der Waals surface area contributed by atoms with E-state index in [9.17, 15) is 10.1 Å². The van der Waals surface area contributed by atoms with Crippen molar-refractivity contribution in [3.63, 3.8) is 0 Å². The predicted octanol–water partition coefficient (Wildman–Crippen LogP) is 4.62. The molecule has 0 unspecified atom stereocenters. The van der Waals surface area contributed by atoms with Gasteiger partial charge < -0.3 is 14.8 Å². The smallest absolute Gasteiger partial charge is 0.270 e. The summed E-state index contributed by atoms with van der Waals surface area (Å²) in [5.74, 6) is 0.638. The molecule has 25 heavy (non-hydrogen) atoms. The van der Waals surface area contributed by atoms with E-state index in [1.165, 1.54) is 12.1 Å². The molecule has 1 heterocycles. The van der Waals surface area contributed by atoms with Gasteiger partial charge in [-0.25, -0.2) is 0 Å². The van der Waals surface area contributed by atoms with Crippen molar-refractivity contribution in [3.05, 3.63) is 67.2 Å². The molecule has 3 rings (SSSR count). The molecule has 1 N–H and O–H groups in total. The lowest BCUT2D eigenvalue weighted by molar-refractivity contribution is -0.385. The van der Waals surface area contributed by atoms with Crippen LogP contribution >= 0.6 is 23.2 Å². The lowest BCUT2D eigenvalue weighted by Gasteiger charge is -2.22. The van der Waals surface area contributed by atoms with Crippen LogP contribution in [0.4, 0.5) is 5.69 Å². The first-order chi connectivity index (χ1) is 12.0. The van der Waals surface area contributed by atoms with Crippen LogP contribution in [-0.4, -0.2) is 11.7 Å². The normalized spacial score (nSPS) is 14.5. The molecule has 0 saturated heterocycles. The van der Waals surface area contributed by atoms with Gasteiger partial charge in [0.15, 0.2) is 6.79 Å². The Balaban J connectivity index is 1.82. The third-order valence-electron chi connectivity index (χ3n) is 4.01. The van der Waals surface area contributed by atoms with Crippen molar-refractivity contribution in [2.75, 3.05) is 6.79 Å². The number of nitrogens with one attached hydrogen (secondary N) is 1. The number of ether oxygens (including phenoxy) is 2. The highest BCUT2D eigenvalue weighted by atomic mass is 35.5. The minimum Gasteiger partial charge on any atom is -0.467 e. The van der Waals surface area contributed by atoms with Gasteiger partial charge in [0.2, 0.25) is 0 Å². The van der Waals surface area contributed by atoms with Crippen LogP contribution in [0.3, 0.4) is 0 Å². The van der Waals surface area contributed by atoms with Crippen LogP contribution in [-0.2, 0) is 17.9 Å². The predicted molar refractivity (Wildman–Crippen MR) is 95.1 cm³/mol. The summed E-state index contributed by atoms with van der Waals surface area (Å²) < 4.78 is 10.8. The Labute approximate surface area is 154 Å². The molecule has 0 aromatic heterocycles. The van der Waals surface area contributed by atoms with Crippen LogP contribution < -0.4 is 10.1 Å². The van der Waals surface area contributed by atoms with Gasteiger partial charge in [-0.1, -0.05) is 29.3 Å². The van der Waals surface area contributed by atoms with Crippen LogP contribution in [0.2, 0.25) is 10.0 Å². The summed E-state index contributed by atoms with van der Waals surface area (Å²) >= 11 is 12.2. The Morgan fingerprint density at radius 2 is 2.12 bits per heavy atom. The van der Waals surface area contributed by atoms with Gasteiger partial charge in [-0.3, -0.25) is 10.1 Å². The Morgan fingerprint density at radius 1 is 1.32 bits per heavy atom. The molecule has 6 nitrogen and oxygen atoms in total. The number of benzene rings is 2. The van der Waals surface area contributed by atoms with E-state index in [1.54, 1.807) is 12.1 Å². The summed E-state index contributed by atoms with van der Waals surface area (Å²) in [5.41, 5.74) is 2.30. The molecule has 0 saturated carbocycles. The fraction of sp³-hybridized carbons (Fsp3) is 0.294. The molecule has 1 aliphatic heterocycles. The maximum absolute atomic E-state index is 11.1. The molecule has 2 aromatic rings. The number of nitrogens with zero attached hydrogens (tertiary/aromatic N) is 1. The second kappa shape index (κ2) is 7.58. The molecule has 0 fully saturated rings. The number of fused-ring (bicyclic) bond motifs is 1. The number of hydrogen-bond acceptors (Lipinski definition) is 5. The zero-order valence-electron chi connectivity index (χ0n) is 13.4. The van der Waals surface area contributed by atoms with E-state index >= 15 is 0 Å². The largest absolute Gasteiger partial charge is 0.467 e. The number of rotatable bonds is 5. The van der Waals surface area contributed by atoms with Crippen molar-refractivity contribution >= 4 is 28.9 Å². The minimum absolute atomic E-state index is 0.0156. The maximum Gasteiger partial charge on any atom is 0.270 e. The Morgan fingerprint density at radius 3 is 2.84 bits per heavy atom. The van der Waals surface area contributed by atoms with Crippen molar-refractivity contribution in [2.45, 2.75) is 26.1 Å². The van der Waals surface area contributed by atoms with Crippen LogP contribution in [0.1, 0.15) is 29.7 Å². The van der Waals surface area contributed by atoms with Crippen molar-refractivity contribution < 1.29 is 14.4 Å². The third kappa shape index (κ3) is 4.04. The zero-order chi connectivity index (χ0) is 18.0. The topological polar surface area (TPSA) is 73.6 Å². The monoisotopic (exact) mass is 382 g/mol. The summed E-state index contributed by atoms with van der Waals surface area (Å²) in [6.45, 7) is 2.78. The van der Waals surface area contributed by atoms with Crippen LogP contribution in [0, 0.1) is 10.1 Å². The molecule has 0 bridgehead atoms. The quantitative estimate of drug-likeness (QED) is 0.603. The standard InChI is InChI=1S/C17H16Cl2N2O4/c1-10(15-3-2-13(18)6-16(15)19)20-7-11-4-14(21(22)23)5-12-8-24-9-25-17(11)12/h2-6,10,20H,7-9H2,1H3/t10-/m1/s1. The van der Waals surface area contributed by atoms with E-state index in [0.29, 0.717) is 40.1 Å². The van der Waals surface area contributed by atoms with E-state index in [4.69, 9.17) is 32.7 Å². The van der Waals surface area contributed by atoms with Gasteiger partial charge in [-0.15, -0.1) is 0 Å². The molecule has 132 valence electrons. The molecule has 1 atom stereocenters. The molecule has 0 radical (unpaired) electrons. The van der Waals surface area contributed by atoms with E-state index < -0.39 is 4.92 Å². The number of nitro groups is 1. The average Bonchev–Trinajstić information content (AvgIpc) is 2.59. The third-order valence-corrected chi connectivity index (χ3v) is 4.57. The van der Waals surface area contributed by atoms with E-state index in [2.05, 4.69) is 5.32 Å². The number of non-ortho nitro benzene ring substituents is 1. The number of nitro benzene ring substituents is 1. The molecular formula is C17H16Cl2N2O4. The van der Waals surface area contributed by atoms with E-state index in [-0.39, 0.29) is 18.5 Å². The SMILES string of the molecule is C[C@@H](NCc1cc([N+](=O)[O-])cc2c1OCOC2)c1ccc(Cl)cc1Cl. The molecule has 2 aromatic carbocycles. The van der Waals surface area contributed by atoms with Gasteiger partial charge in [0.1, 0.15) is 5.75 Å². The van der Waals surface area contributed by atoms with Crippen LogP contribution in [0.5, 0.6) is 5.75 Å². The fourth-order valence-electron chi connectivity index (χ4n) is 2.74. The summed E-state index contributed by atoms with van der Waals surface area (Å²) in [7, 11) is 0. The van der Waals surface area contributed by atoms with Crippen molar-refractivity contribution in [1.82, 2.24) is 5.32 Å². The average molecular weight is 383 g/mol. The minimum atomic E-state index is -0.419. The highest BCUT2D eigenvalue weighted by Gasteiger charge is 2.21. The Bertz CT molecular complexity index is 813. The lowest BCUT2D eigenvalue weighted by Crippen LogP contribution is -2.21. The highest BCUT2D eigenvalue weighted by Crippen LogP contribution is 2.33. The summed E-state index contributed by atoms with van der Waals surface area (Å²) in [6.07, 6.45) is 0. The van der Waals surface area contributed by atoms with Gasteiger partial charge in [0, 0.05) is 45.9 Å². The molecule has 0 spiro atoms. The number of hydrogen-bond donors (Lipinski definition) is 1. The first-order valence-electron chi connectivity index (χ1n) is 7.64. The van der Waals surface area contributed by atoms with Gasteiger partial charge in [0.25, 0.3) is 5.69 Å². The second-order valence-electron chi connectivity index (χ2n) is 5.73. The molecule has 0 amide bonds. The summed E-state index contributed by atoms with van der Waals surface area (Å²) in [5, 5.41) is 15.6.